The maximum absolute atomic E-state index is 13.3. The van der Waals surface area contributed by atoms with Crippen molar-refractivity contribution < 1.29 is 34.3 Å². The van der Waals surface area contributed by atoms with Gasteiger partial charge in [-0.25, -0.2) is 0 Å². The first-order chi connectivity index (χ1) is 16.5. The smallest absolute Gasteiger partial charge is 0.239 e. The molecule has 3 aromatic rings. The Bertz CT molecular complexity index is 1380. The third-order valence-electron chi connectivity index (χ3n) is 5.70. The summed E-state index contributed by atoms with van der Waals surface area (Å²) in [5.41, 5.74) is 2.24. The summed E-state index contributed by atoms with van der Waals surface area (Å²) >= 11 is 0. The SMILES string of the molecule is C=C(C)C(O)Cc1cc(-c2oc3cc(O)c(OC)c(O)c3c(=O)c2OC)cc(CC=C(C)C)c1O. The van der Waals surface area contributed by atoms with Crippen LogP contribution in [0.5, 0.6) is 28.7 Å². The highest BCUT2D eigenvalue weighted by molar-refractivity contribution is 5.91. The Morgan fingerprint density at radius 1 is 1.03 bits per heavy atom. The van der Waals surface area contributed by atoms with Crippen molar-refractivity contribution in [3.63, 3.8) is 0 Å². The molecule has 0 spiro atoms. The molecule has 0 bridgehead atoms. The van der Waals surface area contributed by atoms with Crippen LogP contribution in [0.25, 0.3) is 22.3 Å². The maximum atomic E-state index is 13.3. The Morgan fingerprint density at radius 2 is 1.66 bits per heavy atom. The van der Waals surface area contributed by atoms with Gasteiger partial charge in [0.25, 0.3) is 0 Å². The lowest BCUT2D eigenvalue weighted by atomic mass is 9.94. The van der Waals surface area contributed by atoms with Crippen molar-refractivity contribution in [2.45, 2.75) is 39.7 Å². The van der Waals surface area contributed by atoms with Crippen LogP contribution in [0.4, 0.5) is 0 Å². The summed E-state index contributed by atoms with van der Waals surface area (Å²) in [5.74, 6) is -1.35. The quantitative estimate of drug-likeness (QED) is 0.343. The Hall–Kier alpha value is -3.91. The number of hydrogen-bond donors (Lipinski definition) is 4. The first kappa shape index (κ1) is 25.7. The maximum Gasteiger partial charge on any atom is 0.239 e. The lowest BCUT2D eigenvalue weighted by Crippen LogP contribution is -2.12. The van der Waals surface area contributed by atoms with Crippen LogP contribution in [0.3, 0.4) is 0 Å². The molecule has 0 amide bonds. The molecule has 1 unspecified atom stereocenters. The zero-order valence-corrected chi connectivity index (χ0v) is 20.4. The molecule has 8 nitrogen and oxygen atoms in total. The number of aliphatic hydroxyl groups is 1. The summed E-state index contributed by atoms with van der Waals surface area (Å²) in [5, 5.41) is 41.8. The van der Waals surface area contributed by atoms with Gasteiger partial charge in [-0.1, -0.05) is 23.8 Å². The number of allylic oxidation sites excluding steroid dienone is 2. The van der Waals surface area contributed by atoms with E-state index in [1.165, 1.54) is 20.3 Å². The molecule has 0 saturated heterocycles. The van der Waals surface area contributed by atoms with Crippen LogP contribution in [0.2, 0.25) is 0 Å². The minimum absolute atomic E-state index is 0.0219. The molecule has 0 saturated carbocycles. The molecule has 0 fully saturated rings. The fraction of sp³-hybridized carbons (Fsp3) is 0.296. The number of aliphatic hydroxyl groups excluding tert-OH is 1. The summed E-state index contributed by atoms with van der Waals surface area (Å²) in [7, 11) is 2.55. The number of hydrogen-bond acceptors (Lipinski definition) is 8. The molecule has 4 N–H and O–H groups in total. The normalized spacial score (nSPS) is 11.8. The number of ether oxygens (including phenoxy) is 2. The van der Waals surface area contributed by atoms with E-state index in [9.17, 15) is 25.2 Å². The monoisotopic (exact) mass is 482 g/mol. The van der Waals surface area contributed by atoms with E-state index in [1.807, 2.05) is 19.9 Å². The topological polar surface area (TPSA) is 130 Å². The number of phenolic OH excluding ortho intramolecular Hbond substituents is 3. The van der Waals surface area contributed by atoms with Crippen LogP contribution in [-0.4, -0.2) is 40.7 Å². The van der Waals surface area contributed by atoms with E-state index in [4.69, 9.17) is 13.9 Å². The van der Waals surface area contributed by atoms with E-state index in [0.29, 0.717) is 28.7 Å². The molecule has 2 aromatic carbocycles. The van der Waals surface area contributed by atoms with Gasteiger partial charge in [0.05, 0.1) is 20.3 Å². The van der Waals surface area contributed by atoms with Gasteiger partial charge >= 0.3 is 0 Å². The second-order valence-corrected chi connectivity index (χ2v) is 8.64. The third-order valence-corrected chi connectivity index (χ3v) is 5.70. The molecular formula is C27H30O8. The predicted molar refractivity (Wildman–Crippen MR) is 134 cm³/mol. The zero-order valence-electron chi connectivity index (χ0n) is 20.4. The molecule has 1 atom stereocenters. The first-order valence-electron chi connectivity index (χ1n) is 11.0. The van der Waals surface area contributed by atoms with E-state index >= 15 is 0 Å². The summed E-state index contributed by atoms with van der Waals surface area (Å²) in [6.45, 7) is 9.33. The zero-order chi connectivity index (χ0) is 26.0. The van der Waals surface area contributed by atoms with Crippen molar-refractivity contribution in [2.24, 2.45) is 0 Å². The van der Waals surface area contributed by atoms with Gasteiger partial charge in [0, 0.05) is 18.1 Å². The summed E-state index contributed by atoms with van der Waals surface area (Å²) in [6, 6.07) is 4.44. The number of benzene rings is 2. The van der Waals surface area contributed by atoms with Gasteiger partial charge < -0.3 is 34.3 Å². The molecule has 35 heavy (non-hydrogen) atoms. The van der Waals surface area contributed by atoms with Crippen molar-refractivity contribution in [1.82, 2.24) is 0 Å². The summed E-state index contributed by atoms with van der Waals surface area (Å²) in [6.07, 6.45) is 1.54. The number of methoxy groups -OCH3 is 2. The van der Waals surface area contributed by atoms with Gasteiger partial charge in [-0.15, -0.1) is 0 Å². The van der Waals surface area contributed by atoms with Gasteiger partial charge in [0.2, 0.25) is 16.9 Å². The van der Waals surface area contributed by atoms with E-state index in [1.54, 1.807) is 19.1 Å². The molecule has 186 valence electrons. The average Bonchev–Trinajstić information content (AvgIpc) is 2.79. The van der Waals surface area contributed by atoms with Crippen LogP contribution in [0.15, 0.2) is 51.2 Å². The summed E-state index contributed by atoms with van der Waals surface area (Å²) in [4.78, 5) is 13.3. The second-order valence-electron chi connectivity index (χ2n) is 8.64. The molecule has 1 aromatic heterocycles. The fourth-order valence-electron chi connectivity index (χ4n) is 3.76. The van der Waals surface area contributed by atoms with Gasteiger partial charge in [-0.3, -0.25) is 4.79 Å². The molecule has 1 heterocycles. The minimum atomic E-state index is -0.890. The number of aromatic hydroxyl groups is 3. The number of fused-ring (bicyclic) bond motifs is 1. The van der Waals surface area contributed by atoms with Crippen molar-refractivity contribution in [1.29, 1.82) is 0 Å². The Kier molecular flexibility index (Phi) is 7.45. The number of rotatable bonds is 8. The van der Waals surface area contributed by atoms with Crippen LogP contribution in [-0.2, 0) is 12.8 Å². The second kappa shape index (κ2) is 10.1. The Morgan fingerprint density at radius 3 is 2.23 bits per heavy atom. The molecule has 0 aliphatic carbocycles. The fourth-order valence-corrected chi connectivity index (χ4v) is 3.76. The highest BCUT2D eigenvalue weighted by atomic mass is 16.5. The van der Waals surface area contributed by atoms with Crippen molar-refractivity contribution in [3.8, 4) is 40.1 Å². The standard InChI is InChI=1S/C27H30O8/c1-13(2)7-8-15-9-17(10-16(22(15)30)11-18(28)14(3)4)25-27(34-6)24(32)21-20(35-25)12-19(29)26(33-5)23(21)31/h7,9-10,12,18,28-31H,3,8,11H2,1-2,4-6H3. The Balaban J connectivity index is 2.35. The number of phenols is 3. The largest absolute Gasteiger partial charge is 0.507 e. The van der Waals surface area contributed by atoms with Crippen LogP contribution < -0.4 is 14.9 Å². The molecular weight excluding hydrogens is 452 g/mol. The Labute approximate surface area is 203 Å². The first-order valence-corrected chi connectivity index (χ1v) is 11.0. The van der Waals surface area contributed by atoms with Gasteiger partial charge in [-0.05, 0) is 50.5 Å². The highest BCUT2D eigenvalue weighted by Gasteiger charge is 2.25. The van der Waals surface area contributed by atoms with E-state index in [2.05, 4.69) is 6.58 Å². The predicted octanol–water partition coefficient (Wildman–Crippen LogP) is 4.58. The lowest BCUT2D eigenvalue weighted by molar-refractivity contribution is 0.210. The van der Waals surface area contributed by atoms with Crippen molar-refractivity contribution in [3.05, 3.63) is 63.4 Å². The minimum Gasteiger partial charge on any atom is -0.507 e. The van der Waals surface area contributed by atoms with E-state index in [-0.39, 0.29) is 40.4 Å². The average molecular weight is 483 g/mol. The molecule has 0 aliphatic rings. The molecule has 0 aliphatic heterocycles. The lowest BCUT2D eigenvalue weighted by Gasteiger charge is -2.17. The van der Waals surface area contributed by atoms with E-state index in [0.717, 1.165) is 5.57 Å². The van der Waals surface area contributed by atoms with Gasteiger partial charge in [0.15, 0.2) is 17.3 Å². The van der Waals surface area contributed by atoms with E-state index < -0.39 is 23.0 Å². The molecule has 3 rings (SSSR count). The third kappa shape index (κ3) is 4.97. The van der Waals surface area contributed by atoms with Gasteiger partial charge in [0.1, 0.15) is 16.7 Å². The van der Waals surface area contributed by atoms with Crippen LogP contribution in [0, 0.1) is 0 Å². The van der Waals surface area contributed by atoms with Gasteiger partial charge in [-0.2, -0.15) is 0 Å². The van der Waals surface area contributed by atoms with Crippen molar-refractivity contribution >= 4 is 11.0 Å². The van der Waals surface area contributed by atoms with Crippen molar-refractivity contribution in [2.75, 3.05) is 14.2 Å². The van der Waals surface area contributed by atoms with Crippen LogP contribution >= 0.6 is 0 Å². The highest BCUT2D eigenvalue weighted by Crippen LogP contribution is 2.44. The molecule has 8 heteroatoms. The summed E-state index contributed by atoms with van der Waals surface area (Å²) < 4.78 is 16.3. The van der Waals surface area contributed by atoms with Crippen LogP contribution in [0.1, 0.15) is 31.9 Å². The molecule has 0 radical (unpaired) electrons.